The maximum absolute atomic E-state index is 11.6. The molecule has 82 valence electrons. The van der Waals surface area contributed by atoms with E-state index < -0.39 is 0 Å². The van der Waals surface area contributed by atoms with Crippen molar-refractivity contribution in [1.82, 2.24) is 10.2 Å². The Morgan fingerprint density at radius 3 is 2.80 bits per heavy atom. The van der Waals surface area contributed by atoms with Gasteiger partial charge in [0.2, 0.25) is 0 Å². The lowest BCUT2D eigenvalue weighted by molar-refractivity contribution is 0.207. The molecule has 1 aromatic rings. The monoisotopic (exact) mass is 272 g/mol. The number of rotatable bonds is 2. The summed E-state index contributed by atoms with van der Waals surface area (Å²) in [6, 6.07) is 3.66. The third-order valence-electron chi connectivity index (χ3n) is 2.44. The molecule has 0 bridgehead atoms. The topological polar surface area (TPSA) is 45.5 Å². The van der Waals surface area contributed by atoms with Crippen LogP contribution in [0.15, 0.2) is 21.2 Å². The second kappa shape index (κ2) is 4.70. The van der Waals surface area contributed by atoms with Crippen LogP contribution < -0.4 is 5.32 Å². The van der Waals surface area contributed by atoms with Gasteiger partial charge in [0.15, 0.2) is 4.67 Å². The highest BCUT2D eigenvalue weighted by Crippen LogP contribution is 2.14. The summed E-state index contributed by atoms with van der Waals surface area (Å²) >= 11 is 3.22. The molecule has 2 rings (SSSR count). The fourth-order valence-corrected chi connectivity index (χ4v) is 1.98. The second-order valence-electron chi connectivity index (χ2n) is 3.56. The molecule has 0 spiro atoms. The highest BCUT2D eigenvalue weighted by molar-refractivity contribution is 9.10. The molecule has 1 fully saturated rings. The number of carbonyl (C=O) groups excluding carboxylic acids is 1. The van der Waals surface area contributed by atoms with E-state index in [0.717, 1.165) is 31.7 Å². The standard InChI is InChI=1S/C10H13BrN2O2/c11-9-4-3-8(15-9)7-12-10(14)13-5-1-2-6-13/h3-4H,1-2,5-7H2,(H,12,14). The molecule has 1 aliphatic rings. The maximum atomic E-state index is 11.6. The number of amides is 2. The summed E-state index contributed by atoms with van der Waals surface area (Å²) in [6.07, 6.45) is 2.22. The van der Waals surface area contributed by atoms with Crippen molar-refractivity contribution in [2.75, 3.05) is 13.1 Å². The summed E-state index contributed by atoms with van der Waals surface area (Å²) < 4.78 is 5.97. The van der Waals surface area contributed by atoms with Crippen molar-refractivity contribution < 1.29 is 9.21 Å². The van der Waals surface area contributed by atoms with E-state index in [4.69, 9.17) is 4.42 Å². The molecule has 0 saturated carbocycles. The van der Waals surface area contributed by atoms with Gasteiger partial charge in [-0.2, -0.15) is 0 Å². The van der Waals surface area contributed by atoms with Crippen LogP contribution in [0.25, 0.3) is 0 Å². The quantitative estimate of drug-likeness (QED) is 0.899. The summed E-state index contributed by atoms with van der Waals surface area (Å²) in [6.45, 7) is 2.18. The maximum Gasteiger partial charge on any atom is 0.317 e. The molecule has 1 aromatic heterocycles. The molecule has 15 heavy (non-hydrogen) atoms. The van der Waals surface area contributed by atoms with Crippen molar-refractivity contribution in [1.29, 1.82) is 0 Å². The largest absolute Gasteiger partial charge is 0.452 e. The van der Waals surface area contributed by atoms with Crippen molar-refractivity contribution in [2.24, 2.45) is 0 Å². The van der Waals surface area contributed by atoms with Gasteiger partial charge in [0.25, 0.3) is 0 Å². The number of hydrogen-bond donors (Lipinski definition) is 1. The van der Waals surface area contributed by atoms with Gasteiger partial charge >= 0.3 is 6.03 Å². The predicted molar refractivity (Wildman–Crippen MR) is 59.5 cm³/mol. The summed E-state index contributed by atoms with van der Waals surface area (Å²) in [7, 11) is 0. The van der Waals surface area contributed by atoms with Crippen LogP contribution in [0, 0.1) is 0 Å². The Morgan fingerprint density at radius 1 is 1.47 bits per heavy atom. The molecule has 0 unspecified atom stereocenters. The molecule has 1 saturated heterocycles. The van der Waals surface area contributed by atoms with Gasteiger partial charge in [0.05, 0.1) is 6.54 Å². The van der Waals surface area contributed by atoms with Crippen molar-refractivity contribution in [3.05, 3.63) is 22.6 Å². The van der Waals surface area contributed by atoms with E-state index in [9.17, 15) is 4.79 Å². The van der Waals surface area contributed by atoms with Crippen LogP contribution >= 0.6 is 15.9 Å². The van der Waals surface area contributed by atoms with Crippen LogP contribution in [-0.2, 0) is 6.54 Å². The Hall–Kier alpha value is -0.970. The third-order valence-corrected chi connectivity index (χ3v) is 2.86. The van der Waals surface area contributed by atoms with Crippen LogP contribution in [0.3, 0.4) is 0 Å². The first-order valence-corrected chi connectivity index (χ1v) is 5.82. The Kier molecular flexibility index (Phi) is 3.30. The molecule has 2 amide bonds. The fourth-order valence-electron chi connectivity index (χ4n) is 1.64. The van der Waals surface area contributed by atoms with Gasteiger partial charge in [0.1, 0.15) is 5.76 Å². The summed E-state index contributed by atoms with van der Waals surface area (Å²) in [5, 5.41) is 2.83. The van der Waals surface area contributed by atoms with Crippen molar-refractivity contribution in [2.45, 2.75) is 19.4 Å². The molecule has 0 aromatic carbocycles. The van der Waals surface area contributed by atoms with E-state index >= 15 is 0 Å². The van der Waals surface area contributed by atoms with Crippen LogP contribution in [0.2, 0.25) is 0 Å². The number of furan rings is 1. The second-order valence-corrected chi connectivity index (χ2v) is 4.34. The summed E-state index contributed by atoms with van der Waals surface area (Å²) in [4.78, 5) is 13.4. The number of halogens is 1. The van der Waals surface area contributed by atoms with Crippen LogP contribution in [0.4, 0.5) is 4.79 Å². The van der Waals surface area contributed by atoms with Gasteiger partial charge < -0.3 is 14.6 Å². The summed E-state index contributed by atoms with van der Waals surface area (Å²) in [5.74, 6) is 0.759. The zero-order valence-corrected chi connectivity index (χ0v) is 9.92. The van der Waals surface area contributed by atoms with E-state index in [0.29, 0.717) is 11.2 Å². The van der Waals surface area contributed by atoms with Gasteiger partial charge in [-0.25, -0.2) is 4.79 Å². The molecule has 0 radical (unpaired) electrons. The molecule has 2 heterocycles. The van der Waals surface area contributed by atoms with Crippen molar-refractivity contribution in [3.8, 4) is 0 Å². The van der Waals surface area contributed by atoms with Crippen LogP contribution in [-0.4, -0.2) is 24.0 Å². The van der Waals surface area contributed by atoms with Crippen molar-refractivity contribution in [3.63, 3.8) is 0 Å². The molecule has 0 atom stereocenters. The Bertz CT molecular complexity index is 345. The van der Waals surface area contributed by atoms with Gasteiger partial charge in [-0.05, 0) is 40.9 Å². The molecular weight excluding hydrogens is 260 g/mol. The average molecular weight is 273 g/mol. The fraction of sp³-hybridized carbons (Fsp3) is 0.500. The number of nitrogens with zero attached hydrogens (tertiary/aromatic N) is 1. The lowest BCUT2D eigenvalue weighted by atomic mass is 10.4. The van der Waals surface area contributed by atoms with E-state index in [1.807, 2.05) is 17.0 Å². The number of carbonyl (C=O) groups is 1. The first-order valence-electron chi connectivity index (χ1n) is 5.03. The number of hydrogen-bond acceptors (Lipinski definition) is 2. The molecule has 1 N–H and O–H groups in total. The highest BCUT2D eigenvalue weighted by Gasteiger charge is 2.17. The molecule has 4 nitrogen and oxygen atoms in total. The average Bonchev–Trinajstić information content (AvgIpc) is 2.84. The molecule has 5 heteroatoms. The Balaban J connectivity index is 1.80. The predicted octanol–water partition coefficient (Wildman–Crippen LogP) is 2.35. The van der Waals surface area contributed by atoms with Gasteiger partial charge in [0, 0.05) is 13.1 Å². The van der Waals surface area contributed by atoms with E-state index in [1.54, 1.807) is 0 Å². The lowest BCUT2D eigenvalue weighted by Gasteiger charge is -2.15. The third kappa shape index (κ3) is 2.75. The van der Waals surface area contributed by atoms with Gasteiger partial charge in [-0.15, -0.1) is 0 Å². The zero-order chi connectivity index (χ0) is 10.7. The minimum atomic E-state index is 0.0000208. The minimum absolute atomic E-state index is 0.0000208. The highest BCUT2D eigenvalue weighted by atomic mass is 79.9. The molecular formula is C10H13BrN2O2. The van der Waals surface area contributed by atoms with E-state index in [1.165, 1.54) is 0 Å². The lowest BCUT2D eigenvalue weighted by Crippen LogP contribution is -2.37. The van der Waals surface area contributed by atoms with Gasteiger partial charge in [-0.1, -0.05) is 0 Å². The normalized spacial score (nSPS) is 15.7. The first kappa shape index (κ1) is 10.5. The van der Waals surface area contributed by atoms with E-state index in [2.05, 4.69) is 21.2 Å². The number of likely N-dealkylation sites (tertiary alicyclic amines) is 1. The molecule has 1 aliphatic heterocycles. The zero-order valence-electron chi connectivity index (χ0n) is 8.33. The first-order chi connectivity index (χ1) is 7.25. The SMILES string of the molecule is O=C(NCc1ccc(Br)o1)N1CCCC1. The van der Waals surface area contributed by atoms with Crippen molar-refractivity contribution >= 4 is 22.0 Å². The van der Waals surface area contributed by atoms with Crippen LogP contribution in [0.5, 0.6) is 0 Å². The van der Waals surface area contributed by atoms with Crippen LogP contribution in [0.1, 0.15) is 18.6 Å². The number of urea groups is 1. The Labute approximate surface area is 96.7 Å². The van der Waals surface area contributed by atoms with E-state index in [-0.39, 0.29) is 6.03 Å². The minimum Gasteiger partial charge on any atom is -0.452 e. The smallest absolute Gasteiger partial charge is 0.317 e. The summed E-state index contributed by atoms with van der Waals surface area (Å²) in [5.41, 5.74) is 0. The molecule has 0 aliphatic carbocycles. The Morgan fingerprint density at radius 2 is 2.20 bits per heavy atom. The van der Waals surface area contributed by atoms with Gasteiger partial charge in [-0.3, -0.25) is 0 Å². The number of nitrogens with one attached hydrogen (secondary N) is 1.